The molecule has 2 heterocycles. The lowest BCUT2D eigenvalue weighted by Gasteiger charge is -1.99. The number of hydrogen-bond acceptors (Lipinski definition) is 5. The third kappa shape index (κ3) is 2.18. The second-order valence-electron chi connectivity index (χ2n) is 4.89. The predicted octanol–water partition coefficient (Wildman–Crippen LogP) is 2.19. The largest absolute Gasteiger partial charge is 0.310 e. The Labute approximate surface area is 120 Å². The Morgan fingerprint density at radius 1 is 1.60 bits per heavy atom. The van der Waals surface area contributed by atoms with Crippen LogP contribution in [0.2, 0.25) is 0 Å². The van der Waals surface area contributed by atoms with Crippen molar-refractivity contribution in [3.63, 3.8) is 0 Å². The summed E-state index contributed by atoms with van der Waals surface area (Å²) < 4.78 is 5.83. The third-order valence-corrected chi connectivity index (χ3v) is 4.20. The number of carbonyl (C=O) groups is 1. The van der Waals surface area contributed by atoms with Gasteiger partial charge in [0, 0.05) is 18.7 Å². The summed E-state index contributed by atoms with van der Waals surface area (Å²) in [6.07, 6.45) is 2.32. The van der Waals surface area contributed by atoms with Gasteiger partial charge in [0.1, 0.15) is 16.6 Å². The van der Waals surface area contributed by atoms with Crippen LogP contribution >= 0.6 is 11.5 Å². The van der Waals surface area contributed by atoms with Gasteiger partial charge in [-0.3, -0.25) is 9.48 Å². The van der Waals surface area contributed by atoms with Crippen LogP contribution < -0.4 is 5.32 Å². The summed E-state index contributed by atoms with van der Waals surface area (Å²) in [7, 11) is 1.85. The average molecular weight is 287 g/mol. The van der Waals surface area contributed by atoms with Gasteiger partial charge < -0.3 is 5.32 Å². The molecule has 0 saturated heterocycles. The first-order chi connectivity index (χ1) is 9.60. The first-order valence-corrected chi connectivity index (χ1v) is 7.09. The highest BCUT2D eigenvalue weighted by molar-refractivity contribution is 7.10. The van der Waals surface area contributed by atoms with E-state index in [-0.39, 0.29) is 5.91 Å². The molecule has 0 aliphatic heterocycles. The van der Waals surface area contributed by atoms with Gasteiger partial charge >= 0.3 is 0 Å². The molecule has 3 rings (SSSR count). The topological polar surface area (TPSA) is 83.6 Å². The molecule has 7 heteroatoms. The van der Waals surface area contributed by atoms with Gasteiger partial charge in [0.2, 0.25) is 0 Å². The number of anilines is 1. The molecule has 102 valence electrons. The Bertz CT molecular complexity index is 720. The fourth-order valence-electron chi connectivity index (χ4n) is 2.11. The molecule has 0 bridgehead atoms. The monoisotopic (exact) mass is 287 g/mol. The summed E-state index contributed by atoms with van der Waals surface area (Å²) in [5, 5.41) is 16.5. The van der Waals surface area contributed by atoms with E-state index in [0.29, 0.717) is 27.9 Å². The van der Waals surface area contributed by atoms with E-state index >= 15 is 0 Å². The Morgan fingerprint density at radius 2 is 2.35 bits per heavy atom. The molecule has 0 spiro atoms. The van der Waals surface area contributed by atoms with Crippen molar-refractivity contribution in [3.05, 3.63) is 28.7 Å². The van der Waals surface area contributed by atoms with Gasteiger partial charge in [0.05, 0.1) is 5.69 Å². The van der Waals surface area contributed by atoms with Gasteiger partial charge in [-0.25, -0.2) is 0 Å². The summed E-state index contributed by atoms with van der Waals surface area (Å²) in [5.74, 6) is 0.238. The molecule has 0 aromatic carbocycles. The molecule has 0 atom stereocenters. The van der Waals surface area contributed by atoms with Crippen LogP contribution in [0.3, 0.4) is 0 Å². The first-order valence-electron chi connectivity index (χ1n) is 6.31. The third-order valence-electron chi connectivity index (χ3n) is 3.35. The number of amides is 1. The molecular weight excluding hydrogens is 274 g/mol. The Kier molecular flexibility index (Phi) is 3.03. The van der Waals surface area contributed by atoms with E-state index in [1.54, 1.807) is 11.6 Å². The highest BCUT2D eigenvalue weighted by Crippen LogP contribution is 2.40. The van der Waals surface area contributed by atoms with Crippen molar-refractivity contribution in [1.29, 1.82) is 5.26 Å². The van der Waals surface area contributed by atoms with Crippen LogP contribution in [0.15, 0.2) is 6.07 Å². The van der Waals surface area contributed by atoms with Gasteiger partial charge in [-0.15, -0.1) is 0 Å². The van der Waals surface area contributed by atoms with E-state index in [2.05, 4.69) is 20.9 Å². The molecule has 0 radical (unpaired) electrons. The second-order valence-corrected chi connectivity index (χ2v) is 5.66. The van der Waals surface area contributed by atoms with E-state index in [1.807, 2.05) is 13.1 Å². The molecule has 6 nitrogen and oxygen atoms in total. The van der Waals surface area contributed by atoms with Crippen LogP contribution in [-0.4, -0.2) is 20.1 Å². The molecule has 1 amide bonds. The van der Waals surface area contributed by atoms with E-state index in [1.165, 1.54) is 0 Å². The second kappa shape index (κ2) is 4.72. The van der Waals surface area contributed by atoms with Gasteiger partial charge in [-0.2, -0.15) is 14.7 Å². The van der Waals surface area contributed by atoms with E-state index in [9.17, 15) is 4.79 Å². The molecule has 1 aliphatic carbocycles. The van der Waals surface area contributed by atoms with E-state index < -0.39 is 0 Å². The van der Waals surface area contributed by atoms with E-state index in [0.717, 1.165) is 30.1 Å². The molecule has 2 aromatic rings. The number of aryl methyl sites for hydroxylation is 2. The lowest BCUT2D eigenvalue weighted by Crippen LogP contribution is -2.12. The summed E-state index contributed by atoms with van der Waals surface area (Å²) >= 11 is 1.11. The maximum atomic E-state index is 12.2. The predicted molar refractivity (Wildman–Crippen MR) is 74.7 cm³/mol. The molecule has 20 heavy (non-hydrogen) atoms. The summed E-state index contributed by atoms with van der Waals surface area (Å²) in [5.41, 5.74) is 2.52. The zero-order valence-corrected chi connectivity index (χ0v) is 12.0. The van der Waals surface area contributed by atoms with Gasteiger partial charge in [-0.1, -0.05) is 0 Å². The van der Waals surface area contributed by atoms with Gasteiger partial charge in [0.15, 0.2) is 5.69 Å². The minimum Gasteiger partial charge on any atom is -0.310 e. The van der Waals surface area contributed by atoms with Crippen molar-refractivity contribution in [2.45, 2.75) is 25.7 Å². The summed E-state index contributed by atoms with van der Waals surface area (Å²) in [6.45, 7) is 1.75. The van der Waals surface area contributed by atoms with Crippen LogP contribution in [0.1, 0.15) is 46.2 Å². The molecule has 1 N–H and O–H groups in total. The quantitative estimate of drug-likeness (QED) is 0.937. The number of carbonyl (C=O) groups excluding carboxylic acids is 1. The highest BCUT2D eigenvalue weighted by atomic mass is 32.1. The minimum atomic E-state index is -0.298. The fraction of sp³-hybridized carbons (Fsp3) is 0.385. The van der Waals surface area contributed by atoms with Crippen molar-refractivity contribution in [1.82, 2.24) is 14.2 Å². The molecular formula is C13H13N5OS. The fourth-order valence-corrected chi connectivity index (χ4v) is 2.85. The van der Waals surface area contributed by atoms with Crippen molar-refractivity contribution < 1.29 is 4.79 Å². The zero-order valence-electron chi connectivity index (χ0n) is 11.2. The number of rotatable bonds is 3. The standard InChI is InChI=1S/C13H13N5OS/c1-7-9(6-14)13(20-17-7)15-12(19)10-5-11(8-3-4-8)18(2)16-10/h5,8H,3-4H2,1-2H3,(H,15,19). The summed E-state index contributed by atoms with van der Waals surface area (Å²) in [6, 6.07) is 3.88. The smallest absolute Gasteiger partial charge is 0.276 e. The van der Waals surface area contributed by atoms with Crippen molar-refractivity contribution >= 4 is 22.4 Å². The lowest BCUT2D eigenvalue weighted by molar-refractivity contribution is 0.102. The number of aromatic nitrogens is 3. The Morgan fingerprint density at radius 3 is 3.00 bits per heavy atom. The maximum absolute atomic E-state index is 12.2. The molecule has 1 saturated carbocycles. The number of nitriles is 1. The van der Waals surface area contributed by atoms with Crippen LogP contribution in [0.5, 0.6) is 0 Å². The van der Waals surface area contributed by atoms with Crippen molar-refractivity contribution in [2.24, 2.45) is 7.05 Å². The normalized spacial score (nSPS) is 14.1. The number of hydrogen-bond donors (Lipinski definition) is 1. The lowest BCUT2D eigenvalue weighted by atomic mass is 10.2. The Balaban J connectivity index is 1.82. The number of nitrogens with one attached hydrogen (secondary N) is 1. The average Bonchev–Trinajstić information content (AvgIpc) is 3.10. The highest BCUT2D eigenvalue weighted by Gasteiger charge is 2.28. The summed E-state index contributed by atoms with van der Waals surface area (Å²) in [4.78, 5) is 12.2. The van der Waals surface area contributed by atoms with Crippen molar-refractivity contribution in [3.8, 4) is 6.07 Å². The zero-order chi connectivity index (χ0) is 14.3. The molecule has 1 fully saturated rings. The SMILES string of the molecule is Cc1nsc(NC(=O)c2cc(C3CC3)n(C)n2)c1C#N. The van der Waals surface area contributed by atoms with Crippen LogP contribution in [0.25, 0.3) is 0 Å². The maximum Gasteiger partial charge on any atom is 0.276 e. The van der Waals surface area contributed by atoms with E-state index in [4.69, 9.17) is 5.26 Å². The van der Waals surface area contributed by atoms with Crippen LogP contribution in [-0.2, 0) is 7.05 Å². The van der Waals surface area contributed by atoms with Crippen LogP contribution in [0.4, 0.5) is 5.00 Å². The number of nitrogens with zero attached hydrogens (tertiary/aromatic N) is 4. The first kappa shape index (κ1) is 12.8. The Hall–Kier alpha value is -2.20. The molecule has 1 aliphatic rings. The minimum absolute atomic E-state index is 0.298. The van der Waals surface area contributed by atoms with Gasteiger partial charge in [0.25, 0.3) is 5.91 Å². The van der Waals surface area contributed by atoms with Crippen molar-refractivity contribution in [2.75, 3.05) is 5.32 Å². The molecule has 0 unspecified atom stereocenters. The van der Waals surface area contributed by atoms with Crippen LogP contribution in [0, 0.1) is 18.3 Å². The molecule has 2 aromatic heterocycles. The van der Waals surface area contributed by atoms with Gasteiger partial charge in [-0.05, 0) is 37.4 Å².